The maximum atomic E-state index is 12.4. The van der Waals surface area contributed by atoms with Crippen LogP contribution in [0.15, 0.2) is 71.5 Å². The largest absolute Gasteiger partial charge is 0.490 e. The Morgan fingerprint density at radius 2 is 1.80 bits per heavy atom. The normalized spacial score (nSPS) is 10.7. The molecule has 1 heterocycles. The zero-order valence-electron chi connectivity index (χ0n) is 16.0. The monoisotopic (exact) mass is 420 g/mol. The van der Waals surface area contributed by atoms with Crippen LogP contribution < -0.4 is 15.0 Å². The van der Waals surface area contributed by atoms with Crippen molar-refractivity contribution < 1.29 is 14.3 Å². The van der Waals surface area contributed by atoms with Crippen LogP contribution in [-0.2, 0) is 0 Å². The lowest BCUT2D eigenvalue weighted by Gasteiger charge is -2.12. The molecule has 0 amide bonds. The Balaban J connectivity index is 1.69. The minimum atomic E-state index is -0.530. The Bertz CT molecular complexity index is 1280. The Morgan fingerprint density at radius 1 is 1.03 bits per heavy atom. The van der Waals surface area contributed by atoms with Gasteiger partial charge in [-0.1, -0.05) is 23.7 Å². The highest BCUT2D eigenvalue weighted by Crippen LogP contribution is 2.32. The second-order valence-corrected chi connectivity index (χ2v) is 6.86. The number of rotatable bonds is 5. The molecule has 1 aromatic heterocycles. The highest BCUT2D eigenvalue weighted by Gasteiger charge is 2.15. The van der Waals surface area contributed by atoms with Gasteiger partial charge < -0.3 is 14.5 Å². The van der Waals surface area contributed by atoms with Crippen LogP contribution in [0.5, 0.6) is 11.5 Å². The molecule has 0 spiro atoms. The van der Waals surface area contributed by atoms with Gasteiger partial charge in [-0.15, -0.1) is 0 Å². The van der Waals surface area contributed by atoms with Crippen molar-refractivity contribution in [2.24, 2.45) is 0 Å². The number of nitrogens with zero attached hydrogens (tertiary/aromatic N) is 1. The van der Waals surface area contributed by atoms with Gasteiger partial charge in [-0.25, -0.2) is 9.78 Å². The highest BCUT2D eigenvalue weighted by atomic mass is 35.5. The fraction of sp³-hybridized carbons (Fsp3) is 0.0870. The summed E-state index contributed by atoms with van der Waals surface area (Å²) >= 11 is 5.86. The Hall–Kier alpha value is -3.64. The Kier molecular flexibility index (Phi) is 5.50. The Morgan fingerprint density at radius 3 is 2.57 bits per heavy atom. The first kappa shape index (κ1) is 19.7. The zero-order valence-corrected chi connectivity index (χ0v) is 16.8. The number of carbonyl (C=O) groups excluding carboxylic acids is 1. The van der Waals surface area contributed by atoms with E-state index in [0.29, 0.717) is 45.2 Å². The maximum absolute atomic E-state index is 12.4. The van der Waals surface area contributed by atoms with Crippen LogP contribution in [0.1, 0.15) is 17.3 Å². The van der Waals surface area contributed by atoms with E-state index in [9.17, 15) is 9.59 Å². The van der Waals surface area contributed by atoms with E-state index in [1.165, 1.54) is 0 Å². The first-order chi connectivity index (χ1) is 14.5. The van der Waals surface area contributed by atoms with Crippen molar-refractivity contribution in [1.29, 1.82) is 0 Å². The number of para-hydroxylation sites is 1. The number of H-pyrrole nitrogens is 1. The van der Waals surface area contributed by atoms with E-state index in [4.69, 9.17) is 21.1 Å². The van der Waals surface area contributed by atoms with Crippen molar-refractivity contribution in [2.45, 2.75) is 6.92 Å². The van der Waals surface area contributed by atoms with Gasteiger partial charge in [-0.3, -0.25) is 4.79 Å². The van der Waals surface area contributed by atoms with Gasteiger partial charge in [0.2, 0.25) is 0 Å². The van der Waals surface area contributed by atoms with Crippen LogP contribution >= 0.6 is 11.6 Å². The molecule has 30 heavy (non-hydrogen) atoms. The lowest BCUT2D eigenvalue weighted by molar-refractivity contribution is 0.0728. The molecule has 7 heteroatoms. The lowest BCUT2D eigenvalue weighted by atomic mass is 10.1. The summed E-state index contributed by atoms with van der Waals surface area (Å²) in [6.07, 6.45) is 0. The van der Waals surface area contributed by atoms with Crippen molar-refractivity contribution in [1.82, 2.24) is 9.97 Å². The van der Waals surface area contributed by atoms with Gasteiger partial charge in [0.1, 0.15) is 5.82 Å². The van der Waals surface area contributed by atoms with Crippen molar-refractivity contribution in [3.63, 3.8) is 0 Å². The number of fused-ring (bicyclic) bond motifs is 1. The molecule has 0 radical (unpaired) electrons. The average Bonchev–Trinajstić information content (AvgIpc) is 2.75. The summed E-state index contributed by atoms with van der Waals surface area (Å²) in [4.78, 5) is 32.1. The van der Waals surface area contributed by atoms with Crippen LogP contribution in [0.4, 0.5) is 0 Å². The molecule has 6 nitrogen and oxygen atoms in total. The van der Waals surface area contributed by atoms with E-state index in [1.54, 1.807) is 60.7 Å². The molecule has 0 atom stereocenters. The SMILES string of the molecule is CCOc1cc(-c2nc3ccccc3c(=O)[nH]2)ccc1OC(=O)c1ccc(Cl)cc1. The summed E-state index contributed by atoms with van der Waals surface area (Å²) in [6, 6.07) is 18.5. The molecule has 0 fully saturated rings. The summed E-state index contributed by atoms with van der Waals surface area (Å²) in [5.74, 6) is 0.504. The van der Waals surface area contributed by atoms with Crippen molar-refractivity contribution in [2.75, 3.05) is 6.61 Å². The minimum Gasteiger partial charge on any atom is -0.490 e. The number of halogens is 1. The second-order valence-electron chi connectivity index (χ2n) is 6.42. The van der Waals surface area contributed by atoms with E-state index < -0.39 is 5.97 Å². The van der Waals surface area contributed by atoms with Crippen LogP contribution in [-0.4, -0.2) is 22.5 Å². The molecule has 150 valence electrons. The summed E-state index contributed by atoms with van der Waals surface area (Å²) < 4.78 is 11.2. The number of carbonyl (C=O) groups is 1. The van der Waals surface area contributed by atoms with E-state index in [2.05, 4.69) is 9.97 Å². The molecular formula is C23H17ClN2O4. The number of esters is 1. The summed E-state index contributed by atoms with van der Waals surface area (Å²) in [5.41, 5.74) is 1.36. The third kappa shape index (κ3) is 4.04. The van der Waals surface area contributed by atoms with Gasteiger partial charge in [0.15, 0.2) is 11.5 Å². The van der Waals surface area contributed by atoms with E-state index >= 15 is 0 Å². The molecular weight excluding hydrogens is 404 g/mol. The molecule has 0 saturated heterocycles. The smallest absolute Gasteiger partial charge is 0.343 e. The maximum Gasteiger partial charge on any atom is 0.343 e. The molecule has 0 saturated carbocycles. The molecule has 4 rings (SSSR count). The molecule has 3 aromatic carbocycles. The fourth-order valence-electron chi connectivity index (χ4n) is 2.98. The number of aromatic nitrogens is 2. The van der Waals surface area contributed by atoms with Gasteiger partial charge in [0.05, 0.1) is 23.1 Å². The number of benzene rings is 3. The number of ether oxygens (including phenoxy) is 2. The summed E-state index contributed by atoms with van der Waals surface area (Å²) in [6.45, 7) is 2.20. The van der Waals surface area contributed by atoms with Gasteiger partial charge in [-0.2, -0.15) is 0 Å². The number of hydrogen-bond acceptors (Lipinski definition) is 5. The molecule has 1 N–H and O–H groups in total. The van der Waals surface area contributed by atoms with Crippen LogP contribution in [0, 0.1) is 0 Å². The topological polar surface area (TPSA) is 81.3 Å². The quantitative estimate of drug-likeness (QED) is 0.368. The van der Waals surface area contributed by atoms with Crippen LogP contribution in [0.25, 0.3) is 22.3 Å². The van der Waals surface area contributed by atoms with Crippen LogP contribution in [0.3, 0.4) is 0 Å². The number of hydrogen-bond donors (Lipinski definition) is 1. The number of aromatic amines is 1. The molecule has 0 aliphatic rings. The highest BCUT2D eigenvalue weighted by molar-refractivity contribution is 6.30. The second kappa shape index (κ2) is 8.39. The fourth-order valence-corrected chi connectivity index (χ4v) is 3.10. The third-order valence-corrected chi connectivity index (χ3v) is 4.66. The minimum absolute atomic E-state index is 0.230. The molecule has 4 aromatic rings. The van der Waals surface area contributed by atoms with Gasteiger partial charge >= 0.3 is 5.97 Å². The van der Waals surface area contributed by atoms with Crippen LogP contribution in [0.2, 0.25) is 5.02 Å². The summed E-state index contributed by atoms with van der Waals surface area (Å²) in [5, 5.41) is 1.04. The Labute approximate surface area is 177 Å². The first-order valence-electron chi connectivity index (χ1n) is 9.29. The standard InChI is InChI=1S/C23H17ClN2O4/c1-2-29-20-13-15(21-25-18-6-4-3-5-17(18)22(27)26-21)9-12-19(20)30-23(28)14-7-10-16(24)11-8-14/h3-13H,2H2,1H3,(H,25,26,27). The first-order valence-corrected chi connectivity index (χ1v) is 9.67. The van der Waals surface area contributed by atoms with E-state index in [0.717, 1.165) is 0 Å². The average molecular weight is 421 g/mol. The summed E-state index contributed by atoms with van der Waals surface area (Å²) in [7, 11) is 0. The lowest BCUT2D eigenvalue weighted by Crippen LogP contribution is -2.11. The third-order valence-electron chi connectivity index (χ3n) is 4.41. The van der Waals surface area contributed by atoms with Gasteiger partial charge in [0.25, 0.3) is 5.56 Å². The predicted octanol–water partition coefficient (Wildman–Crippen LogP) is 4.86. The molecule has 0 aliphatic heterocycles. The van der Waals surface area contributed by atoms with Gasteiger partial charge in [-0.05, 0) is 61.5 Å². The zero-order chi connectivity index (χ0) is 21.1. The molecule has 0 unspecified atom stereocenters. The predicted molar refractivity (Wildman–Crippen MR) is 115 cm³/mol. The van der Waals surface area contributed by atoms with Crippen molar-refractivity contribution in [3.8, 4) is 22.9 Å². The molecule has 0 aliphatic carbocycles. The van der Waals surface area contributed by atoms with Crippen molar-refractivity contribution in [3.05, 3.63) is 87.7 Å². The van der Waals surface area contributed by atoms with Gasteiger partial charge in [0, 0.05) is 10.6 Å². The van der Waals surface area contributed by atoms with E-state index in [1.807, 2.05) is 13.0 Å². The number of nitrogens with one attached hydrogen (secondary N) is 1. The van der Waals surface area contributed by atoms with Crippen molar-refractivity contribution >= 4 is 28.5 Å². The van der Waals surface area contributed by atoms with E-state index in [-0.39, 0.29) is 11.3 Å². The molecule has 0 bridgehead atoms.